The van der Waals surface area contributed by atoms with Gasteiger partial charge in [-0.25, -0.2) is 9.37 Å². The van der Waals surface area contributed by atoms with Crippen molar-refractivity contribution in [3.05, 3.63) is 66.8 Å². The SMILES string of the molecule is Cc1cc(O)c([C@@H]2O[C@H](CO)[C@@H](F)[C@H](O)[C@H]2O)cc1Cc1cc2c(s1)CCN(C(=O)c1nccs1)C2. The second kappa shape index (κ2) is 10.2. The van der Waals surface area contributed by atoms with Crippen LogP contribution in [0.1, 0.15) is 47.9 Å². The summed E-state index contributed by atoms with van der Waals surface area (Å²) < 4.78 is 19.7. The lowest BCUT2D eigenvalue weighted by atomic mass is 9.89. The second-order valence-electron chi connectivity index (χ2n) is 9.19. The minimum atomic E-state index is -1.94. The summed E-state index contributed by atoms with van der Waals surface area (Å²) >= 11 is 3.02. The van der Waals surface area contributed by atoms with Crippen LogP contribution in [-0.4, -0.2) is 73.9 Å². The van der Waals surface area contributed by atoms with E-state index in [0.29, 0.717) is 24.5 Å². The molecule has 2 aromatic heterocycles. The van der Waals surface area contributed by atoms with Crippen LogP contribution in [0.15, 0.2) is 29.8 Å². The molecule has 0 saturated carbocycles. The summed E-state index contributed by atoms with van der Waals surface area (Å²) in [4.78, 5) is 21.0. The Morgan fingerprint density at radius 2 is 2.08 bits per heavy atom. The first-order chi connectivity index (χ1) is 17.3. The largest absolute Gasteiger partial charge is 0.508 e. The van der Waals surface area contributed by atoms with Crippen LogP contribution in [0.4, 0.5) is 4.39 Å². The molecule has 1 aromatic carbocycles. The van der Waals surface area contributed by atoms with E-state index in [-0.39, 0.29) is 17.2 Å². The number of halogens is 1. The Kier molecular flexibility index (Phi) is 7.12. The molecule has 4 N–H and O–H groups in total. The highest BCUT2D eigenvalue weighted by Crippen LogP contribution is 2.39. The van der Waals surface area contributed by atoms with Crippen LogP contribution in [0, 0.1) is 6.92 Å². The maximum Gasteiger partial charge on any atom is 0.283 e. The van der Waals surface area contributed by atoms with Gasteiger partial charge in [0.2, 0.25) is 0 Å². The number of aliphatic hydroxyl groups is 3. The highest BCUT2D eigenvalue weighted by molar-refractivity contribution is 7.12. The third kappa shape index (κ3) is 4.67. The Morgan fingerprint density at radius 3 is 2.81 bits per heavy atom. The van der Waals surface area contributed by atoms with Gasteiger partial charge in [0, 0.05) is 46.4 Å². The number of phenols is 1. The van der Waals surface area contributed by atoms with Crippen molar-refractivity contribution in [2.75, 3.05) is 13.2 Å². The summed E-state index contributed by atoms with van der Waals surface area (Å²) in [7, 11) is 0. The van der Waals surface area contributed by atoms with Crippen molar-refractivity contribution in [3.8, 4) is 5.75 Å². The molecular formula is C25H27FN2O6S2. The van der Waals surface area contributed by atoms with Crippen LogP contribution >= 0.6 is 22.7 Å². The summed E-state index contributed by atoms with van der Waals surface area (Å²) in [6.07, 6.45) is -4.83. The summed E-state index contributed by atoms with van der Waals surface area (Å²) in [5.74, 6) is -0.198. The molecule has 11 heteroatoms. The van der Waals surface area contributed by atoms with Gasteiger partial charge in [-0.05, 0) is 48.2 Å². The molecular weight excluding hydrogens is 507 g/mol. The number of aromatic hydroxyl groups is 1. The van der Waals surface area contributed by atoms with Crippen molar-refractivity contribution >= 4 is 28.6 Å². The van der Waals surface area contributed by atoms with Crippen LogP contribution in [0.25, 0.3) is 0 Å². The van der Waals surface area contributed by atoms with Gasteiger partial charge in [0.1, 0.15) is 30.2 Å². The third-order valence-electron chi connectivity index (χ3n) is 6.82. The van der Waals surface area contributed by atoms with Gasteiger partial charge in [0.05, 0.1) is 6.61 Å². The first-order valence-corrected chi connectivity index (χ1v) is 13.3. The number of nitrogens with zero attached hydrogens (tertiary/aromatic N) is 2. The zero-order valence-corrected chi connectivity index (χ0v) is 21.1. The molecule has 192 valence electrons. The summed E-state index contributed by atoms with van der Waals surface area (Å²) in [5, 5.41) is 42.9. The van der Waals surface area contributed by atoms with Gasteiger partial charge in [0.15, 0.2) is 11.2 Å². The van der Waals surface area contributed by atoms with E-state index in [2.05, 4.69) is 11.1 Å². The maximum absolute atomic E-state index is 14.2. The lowest BCUT2D eigenvalue weighted by Crippen LogP contribution is -2.53. The zero-order chi connectivity index (χ0) is 25.6. The lowest BCUT2D eigenvalue weighted by Gasteiger charge is -2.39. The highest BCUT2D eigenvalue weighted by Gasteiger charge is 2.46. The van der Waals surface area contributed by atoms with Gasteiger partial charge in [0.25, 0.3) is 5.91 Å². The fourth-order valence-electron chi connectivity index (χ4n) is 4.81. The molecule has 0 spiro atoms. The molecule has 1 saturated heterocycles. The van der Waals surface area contributed by atoms with Gasteiger partial charge in [-0.3, -0.25) is 4.79 Å². The number of phenolic OH excluding ortho intramolecular Hbond substituents is 1. The first-order valence-electron chi connectivity index (χ1n) is 11.6. The molecule has 1 fully saturated rings. The van der Waals surface area contributed by atoms with E-state index in [1.54, 1.807) is 35.0 Å². The van der Waals surface area contributed by atoms with Gasteiger partial charge in [-0.2, -0.15) is 0 Å². The predicted molar refractivity (Wildman–Crippen MR) is 132 cm³/mol. The minimum Gasteiger partial charge on any atom is -0.508 e. The molecule has 3 aromatic rings. The molecule has 0 bridgehead atoms. The van der Waals surface area contributed by atoms with Crippen LogP contribution in [-0.2, 0) is 24.1 Å². The Balaban J connectivity index is 1.37. The number of aryl methyl sites for hydroxylation is 1. The van der Waals surface area contributed by atoms with Crippen LogP contribution in [0.5, 0.6) is 5.75 Å². The molecule has 4 heterocycles. The van der Waals surface area contributed by atoms with Crippen LogP contribution in [0.2, 0.25) is 0 Å². The Labute approximate surface area is 215 Å². The number of amides is 1. The number of fused-ring (bicyclic) bond motifs is 1. The standard InChI is InChI=1S/C25H27FN2O6S2/c1-12-6-17(30)16(23-22(32)21(31)20(26)18(11-29)34-23)9-13(12)7-15-8-14-10-28(4-2-19(14)36-15)25(33)24-27-3-5-35-24/h3,5-6,8-9,18,20-23,29-32H,2,4,7,10-11H2,1H3/t18-,20-,21+,22-,23+/m1/s1. The van der Waals surface area contributed by atoms with Crippen molar-refractivity contribution in [1.29, 1.82) is 0 Å². The molecule has 0 unspecified atom stereocenters. The molecule has 2 aliphatic rings. The lowest BCUT2D eigenvalue weighted by molar-refractivity contribution is -0.214. The van der Waals surface area contributed by atoms with E-state index in [1.165, 1.54) is 16.2 Å². The second-order valence-corrected chi connectivity index (χ2v) is 11.3. The number of carbonyl (C=O) groups excluding carboxylic acids is 1. The Morgan fingerprint density at radius 1 is 1.28 bits per heavy atom. The average molecular weight is 535 g/mol. The van der Waals surface area contributed by atoms with Crippen molar-refractivity contribution < 1.29 is 34.3 Å². The van der Waals surface area contributed by atoms with E-state index < -0.39 is 37.2 Å². The molecule has 0 aliphatic carbocycles. The number of carbonyl (C=O) groups is 1. The van der Waals surface area contributed by atoms with Gasteiger partial charge >= 0.3 is 0 Å². The molecule has 36 heavy (non-hydrogen) atoms. The van der Waals surface area contributed by atoms with Gasteiger partial charge < -0.3 is 30.1 Å². The molecule has 8 nitrogen and oxygen atoms in total. The molecule has 1 amide bonds. The molecule has 2 aliphatic heterocycles. The number of alkyl halides is 1. The van der Waals surface area contributed by atoms with E-state index >= 15 is 0 Å². The summed E-state index contributed by atoms with van der Waals surface area (Å²) in [5.41, 5.74) is 3.05. The van der Waals surface area contributed by atoms with E-state index in [4.69, 9.17) is 4.74 Å². The maximum atomic E-state index is 14.2. The first kappa shape index (κ1) is 25.2. The van der Waals surface area contributed by atoms with E-state index in [9.17, 15) is 29.6 Å². The summed E-state index contributed by atoms with van der Waals surface area (Å²) in [6.45, 7) is 2.36. The molecule has 5 rings (SSSR count). The smallest absolute Gasteiger partial charge is 0.283 e. The van der Waals surface area contributed by atoms with Crippen molar-refractivity contribution in [2.45, 2.75) is 56.9 Å². The number of aromatic nitrogens is 1. The van der Waals surface area contributed by atoms with Crippen molar-refractivity contribution in [1.82, 2.24) is 9.88 Å². The van der Waals surface area contributed by atoms with Gasteiger partial charge in [-0.15, -0.1) is 22.7 Å². The van der Waals surface area contributed by atoms with E-state index in [0.717, 1.165) is 28.0 Å². The predicted octanol–water partition coefficient (Wildman–Crippen LogP) is 2.50. The Bertz CT molecular complexity index is 1250. The quantitative estimate of drug-likeness (QED) is 0.397. The molecule has 0 radical (unpaired) electrons. The highest BCUT2D eigenvalue weighted by atomic mass is 32.1. The number of ether oxygens (including phenoxy) is 1. The Hall–Kier alpha value is -2.41. The fourth-order valence-corrected chi connectivity index (χ4v) is 6.61. The minimum absolute atomic E-state index is 0.0626. The number of aliphatic hydroxyl groups excluding tert-OH is 3. The van der Waals surface area contributed by atoms with Crippen molar-refractivity contribution in [2.24, 2.45) is 0 Å². The number of hydrogen-bond acceptors (Lipinski definition) is 9. The topological polar surface area (TPSA) is 123 Å². The zero-order valence-electron chi connectivity index (χ0n) is 19.5. The number of hydrogen-bond donors (Lipinski definition) is 4. The average Bonchev–Trinajstić information content (AvgIpc) is 3.54. The number of thiophene rings is 1. The monoisotopic (exact) mass is 534 g/mol. The molecule has 5 atom stereocenters. The normalized spacial score (nSPS) is 26.1. The van der Waals surface area contributed by atoms with Crippen LogP contribution in [0.3, 0.4) is 0 Å². The fraction of sp³-hybridized carbons (Fsp3) is 0.440. The summed E-state index contributed by atoms with van der Waals surface area (Å²) in [6, 6.07) is 5.36. The van der Waals surface area contributed by atoms with E-state index in [1.807, 2.05) is 11.8 Å². The van der Waals surface area contributed by atoms with Crippen LogP contribution < -0.4 is 0 Å². The number of thiazole rings is 1. The number of rotatable bonds is 5. The van der Waals surface area contributed by atoms with Gasteiger partial charge in [-0.1, -0.05) is 0 Å². The van der Waals surface area contributed by atoms with Crippen molar-refractivity contribution in [3.63, 3.8) is 0 Å². The number of benzene rings is 1. The third-order valence-corrected chi connectivity index (χ3v) is 8.82.